The zero-order valence-corrected chi connectivity index (χ0v) is 13.1. The molecule has 1 aliphatic rings. The minimum atomic E-state index is -0.210. The van der Waals surface area contributed by atoms with E-state index in [1.54, 1.807) is 12.1 Å². The first-order valence-corrected chi connectivity index (χ1v) is 7.78. The lowest BCUT2D eigenvalue weighted by atomic mass is 10.1. The Hall–Kier alpha value is -0.400. The van der Waals surface area contributed by atoms with Gasteiger partial charge in [0.1, 0.15) is 11.6 Å². The molecule has 1 aromatic heterocycles. The fraction of sp³-hybridized carbons (Fsp3) is 0.462. The van der Waals surface area contributed by atoms with Gasteiger partial charge in [0.25, 0.3) is 0 Å². The van der Waals surface area contributed by atoms with Crippen LogP contribution in [0.1, 0.15) is 12.2 Å². The van der Waals surface area contributed by atoms with Crippen LogP contribution in [0, 0.1) is 15.3 Å². The molecule has 0 saturated carbocycles. The van der Waals surface area contributed by atoms with Crippen LogP contribution in [-0.4, -0.2) is 22.8 Å². The van der Waals surface area contributed by atoms with Gasteiger partial charge in [-0.15, -0.1) is 11.6 Å². The van der Waals surface area contributed by atoms with E-state index in [-0.39, 0.29) is 5.82 Å². The van der Waals surface area contributed by atoms with Crippen LogP contribution in [0.2, 0.25) is 0 Å². The predicted molar refractivity (Wildman–Crippen MR) is 80.9 cm³/mol. The molecule has 0 radical (unpaired) electrons. The van der Waals surface area contributed by atoms with E-state index < -0.39 is 0 Å². The Morgan fingerprint density at radius 2 is 2.37 bits per heavy atom. The topological polar surface area (TPSA) is 27.1 Å². The zero-order chi connectivity index (χ0) is 13.4. The first-order chi connectivity index (χ1) is 9.19. The number of hydrogen-bond donors (Lipinski definition) is 0. The van der Waals surface area contributed by atoms with Gasteiger partial charge in [-0.2, -0.15) is 0 Å². The highest BCUT2D eigenvalue weighted by molar-refractivity contribution is 14.1. The lowest BCUT2D eigenvalue weighted by molar-refractivity contribution is 0.182. The summed E-state index contributed by atoms with van der Waals surface area (Å²) in [6, 6.07) is 3.32. The number of alkyl halides is 1. The molecule has 1 atom stereocenters. The van der Waals surface area contributed by atoms with Crippen molar-refractivity contribution in [1.29, 1.82) is 0 Å². The van der Waals surface area contributed by atoms with E-state index >= 15 is 0 Å². The van der Waals surface area contributed by atoms with Crippen molar-refractivity contribution in [2.45, 2.75) is 18.8 Å². The first kappa shape index (κ1) is 13.6. The normalized spacial score (nSPS) is 19.4. The maximum Gasteiger partial charge on any atom is 0.138 e. The molecule has 1 saturated heterocycles. The van der Waals surface area contributed by atoms with Crippen molar-refractivity contribution >= 4 is 45.2 Å². The van der Waals surface area contributed by atoms with E-state index in [0.717, 1.165) is 43.0 Å². The van der Waals surface area contributed by atoms with Crippen molar-refractivity contribution in [1.82, 2.24) is 9.55 Å². The summed E-state index contributed by atoms with van der Waals surface area (Å²) in [5.74, 6) is 1.38. The average molecular weight is 395 g/mol. The molecule has 0 spiro atoms. The summed E-state index contributed by atoms with van der Waals surface area (Å²) < 4.78 is 21.8. The lowest BCUT2D eigenvalue weighted by Gasteiger charge is -2.12. The van der Waals surface area contributed by atoms with Gasteiger partial charge >= 0.3 is 0 Å². The van der Waals surface area contributed by atoms with Crippen molar-refractivity contribution < 1.29 is 9.13 Å². The average Bonchev–Trinajstić information content (AvgIpc) is 3.00. The van der Waals surface area contributed by atoms with Gasteiger partial charge in [-0.1, -0.05) is 0 Å². The molecule has 0 amide bonds. The molecular formula is C13H13ClFIN2O. The second kappa shape index (κ2) is 5.54. The van der Waals surface area contributed by atoms with Crippen LogP contribution < -0.4 is 0 Å². The van der Waals surface area contributed by atoms with Crippen LogP contribution >= 0.6 is 34.2 Å². The number of rotatable bonds is 3. The quantitative estimate of drug-likeness (QED) is 0.588. The number of fused-ring (bicyclic) bond motifs is 1. The molecule has 1 aromatic carbocycles. The van der Waals surface area contributed by atoms with Gasteiger partial charge in [-0.25, -0.2) is 9.37 Å². The molecule has 0 N–H and O–H groups in total. The zero-order valence-electron chi connectivity index (χ0n) is 10.2. The summed E-state index contributed by atoms with van der Waals surface area (Å²) >= 11 is 7.94. The smallest absolute Gasteiger partial charge is 0.138 e. The molecule has 0 aliphatic carbocycles. The van der Waals surface area contributed by atoms with Crippen molar-refractivity contribution in [2.75, 3.05) is 13.2 Å². The van der Waals surface area contributed by atoms with E-state index in [1.807, 2.05) is 27.2 Å². The van der Waals surface area contributed by atoms with Crippen molar-refractivity contribution in [2.24, 2.45) is 5.92 Å². The van der Waals surface area contributed by atoms with E-state index in [0.29, 0.717) is 15.4 Å². The molecule has 1 aliphatic heterocycles. The summed E-state index contributed by atoms with van der Waals surface area (Å²) in [6.07, 6.45) is 1.04. The fourth-order valence-corrected chi connectivity index (χ4v) is 3.12. The van der Waals surface area contributed by atoms with Crippen LogP contribution in [0.4, 0.5) is 4.39 Å². The number of imidazole rings is 1. The molecule has 19 heavy (non-hydrogen) atoms. The molecule has 6 heteroatoms. The third kappa shape index (κ3) is 2.60. The van der Waals surface area contributed by atoms with E-state index in [1.165, 1.54) is 0 Å². The Morgan fingerprint density at radius 3 is 3.05 bits per heavy atom. The molecule has 102 valence electrons. The van der Waals surface area contributed by atoms with Gasteiger partial charge in [0.05, 0.1) is 27.1 Å². The van der Waals surface area contributed by atoms with Crippen molar-refractivity contribution in [3.05, 3.63) is 27.3 Å². The Bertz CT molecular complexity index is 610. The summed E-state index contributed by atoms with van der Waals surface area (Å²) in [5.41, 5.74) is 1.63. The number of halogens is 3. The number of benzene rings is 1. The molecule has 2 aromatic rings. The largest absolute Gasteiger partial charge is 0.381 e. The van der Waals surface area contributed by atoms with Crippen LogP contribution in [-0.2, 0) is 17.2 Å². The summed E-state index contributed by atoms with van der Waals surface area (Å²) in [7, 11) is 0. The molecular weight excluding hydrogens is 382 g/mol. The lowest BCUT2D eigenvalue weighted by Crippen LogP contribution is -2.12. The Morgan fingerprint density at radius 1 is 1.53 bits per heavy atom. The standard InChI is InChI=1S/C13H13ClFIN2O/c14-5-13-17-11-4-10(16)9(15)3-12(11)18(13)6-8-1-2-19-7-8/h3-4,8H,1-2,5-7H2. The number of nitrogens with zero attached hydrogens (tertiary/aromatic N) is 2. The van der Waals surface area contributed by atoms with Gasteiger partial charge < -0.3 is 9.30 Å². The molecule has 1 unspecified atom stereocenters. The van der Waals surface area contributed by atoms with Gasteiger partial charge in [-0.3, -0.25) is 0 Å². The SMILES string of the molecule is Fc1cc2c(cc1I)nc(CCl)n2CC1CCOC1. The summed E-state index contributed by atoms with van der Waals surface area (Å²) in [4.78, 5) is 4.49. The summed E-state index contributed by atoms with van der Waals surface area (Å²) in [5, 5.41) is 0. The van der Waals surface area contributed by atoms with E-state index in [9.17, 15) is 4.39 Å². The van der Waals surface area contributed by atoms with Gasteiger partial charge in [0.2, 0.25) is 0 Å². The van der Waals surface area contributed by atoms with Crippen LogP contribution in [0.15, 0.2) is 12.1 Å². The second-order valence-corrected chi connectivity index (χ2v) is 6.19. The minimum Gasteiger partial charge on any atom is -0.381 e. The number of hydrogen-bond acceptors (Lipinski definition) is 2. The first-order valence-electron chi connectivity index (χ1n) is 6.17. The fourth-order valence-electron chi connectivity index (χ4n) is 2.46. The number of aromatic nitrogens is 2. The van der Waals surface area contributed by atoms with Gasteiger partial charge in [-0.05, 0) is 35.1 Å². The van der Waals surface area contributed by atoms with Crippen molar-refractivity contribution in [3.8, 4) is 0 Å². The monoisotopic (exact) mass is 394 g/mol. The Balaban J connectivity index is 2.06. The van der Waals surface area contributed by atoms with E-state index in [2.05, 4.69) is 4.98 Å². The predicted octanol–water partition coefficient (Wildman–Crippen LogP) is 3.56. The van der Waals surface area contributed by atoms with E-state index in [4.69, 9.17) is 16.3 Å². The minimum absolute atomic E-state index is 0.210. The Labute approximate surface area is 129 Å². The molecule has 1 fully saturated rings. The third-order valence-electron chi connectivity index (χ3n) is 3.45. The molecule has 3 rings (SSSR count). The maximum absolute atomic E-state index is 13.7. The van der Waals surface area contributed by atoms with Gasteiger partial charge in [0, 0.05) is 25.1 Å². The maximum atomic E-state index is 13.7. The summed E-state index contributed by atoms with van der Waals surface area (Å²) in [6.45, 7) is 2.35. The highest BCUT2D eigenvalue weighted by Crippen LogP contribution is 2.25. The van der Waals surface area contributed by atoms with Crippen molar-refractivity contribution in [3.63, 3.8) is 0 Å². The Kier molecular flexibility index (Phi) is 3.96. The highest BCUT2D eigenvalue weighted by Gasteiger charge is 2.20. The third-order valence-corrected chi connectivity index (χ3v) is 4.52. The van der Waals surface area contributed by atoms with Crippen LogP contribution in [0.25, 0.3) is 11.0 Å². The second-order valence-electron chi connectivity index (χ2n) is 4.76. The molecule has 3 nitrogen and oxygen atoms in total. The van der Waals surface area contributed by atoms with Crippen LogP contribution in [0.3, 0.4) is 0 Å². The molecule has 0 bridgehead atoms. The highest BCUT2D eigenvalue weighted by atomic mass is 127. The van der Waals surface area contributed by atoms with Crippen LogP contribution in [0.5, 0.6) is 0 Å². The number of ether oxygens (including phenoxy) is 1. The molecule has 2 heterocycles. The van der Waals surface area contributed by atoms with Gasteiger partial charge in [0.15, 0.2) is 0 Å².